The van der Waals surface area contributed by atoms with Crippen LogP contribution in [0.2, 0.25) is 0 Å². The molecule has 0 spiro atoms. The Hall–Kier alpha value is -3.26. The molecule has 2 aromatic heterocycles. The third-order valence-electron chi connectivity index (χ3n) is 5.46. The highest BCUT2D eigenvalue weighted by atomic mass is 32.1. The summed E-state index contributed by atoms with van der Waals surface area (Å²) in [7, 11) is 1.77. The molecule has 1 atom stereocenters. The normalized spacial score (nSPS) is 15.9. The second kappa shape index (κ2) is 7.21. The summed E-state index contributed by atoms with van der Waals surface area (Å²) in [4.78, 5) is 18.9. The number of phenols is 1. The number of rotatable bonds is 3. The minimum atomic E-state index is -0.279. The Morgan fingerprint density at radius 2 is 2.10 bits per heavy atom. The van der Waals surface area contributed by atoms with Crippen molar-refractivity contribution < 1.29 is 14.3 Å². The monoisotopic (exact) mass is 422 g/mol. The molecule has 2 aromatic carbocycles. The van der Waals surface area contributed by atoms with Crippen LogP contribution in [-0.4, -0.2) is 25.8 Å². The van der Waals surface area contributed by atoms with Crippen LogP contribution < -0.4 is 5.32 Å². The lowest BCUT2D eigenvalue weighted by Gasteiger charge is -2.22. The molecule has 2 heterocycles. The molecule has 0 radical (unpaired) electrons. The number of nitrogens with zero attached hydrogens (tertiary/aromatic N) is 3. The molecule has 0 fully saturated rings. The quantitative estimate of drug-likeness (QED) is 0.514. The number of carbonyl (C=O) groups is 1. The molecular formula is C22H19FN4O2S. The third-order valence-corrected chi connectivity index (χ3v) is 6.64. The van der Waals surface area contributed by atoms with Gasteiger partial charge in [0, 0.05) is 23.1 Å². The SMILES string of the molecule is Cn1ncc2c(O)cc(C(=O)NC3CCCc4sc(-c5ccc(F)cc5)nc43)cc21. The van der Waals surface area contributed by atoms with Crippen LogP contribution in [0.15, 0.2) is 42.6 Å². The van der Waals surface area contributed by atoms with E-state index in [4.69, 9.17) is 4.98 Å². The Balaban J connectivity index is 1.43. The molecule has 0 bridgehead atoms. The number of fused-ring (bicyclic) bond motifs is 2. The number of thiazole rings is 1. The van der Waals surface area contributed by atoms with Crippen LogP contribution in [0.4, 0.5) is 4.39 Å². The van der Waals surface area contributed by atoms with Gasteiger partial charge in [-0.1, -0.05) is 0 Å². The summed E-state index contributed by atoms with van der Waals surface area (Å²) in [5, 5.41) is 18.9. The molecule has 1 aliphatic carbocycles. The standard InChI is InChI=1S/C22H19FN4O2S/c1-27-17-9-13(10-18(28)15(17)11-24-27)21(29)25-16-3-2-4-19-20(16)26-22(30-19)12-5-7-14(23)8-6-12/h5-11,16,28H,2-4H2,1H3,(H,25,29). The molecule has 1 unspecified atom stereocenters. The van der Waals surface area contributed by atoms with Gasteiger partial charge in [-0.05, 0) is 55.7 Å². The number of hydrogen-bond donors (Lipinski definition) is 2. The van der Waals surface area contributed by atoms with Gasteiger partial charge in [0.15, 0.2) is 0 Å². The molecule has 8 heteroatoms. The van der Waals surface area contributed by atoms with Gasteiger partial charge in [-0.2, -0.15) is 5.10 Å². The van der Waals surface area contributed by atoms with Crippen LogP contribution in [0, 0.1) is 5.82 Å². The fraction of sp³-hybridized carbons (Fsp3) is 0.227. The molecule has 2 N–H and O–H groups in total. The predicted molar refractivity (Wildman–Crippen MR) is 113 cm³/mol. The van der Waals surface area contributed by atoms with E-state index in [2.05, 4.69) is 10.4 Å². The molecule has 5 rings (SSSR count). The summed E-state index contributed by atoms with van der Waals surface area (Å²) in [5.74, 6) is -0.510. The Morgan fingerprint density at radius 3 is 2.90 bits per heavy atom. The van der Waals surface area contributed by atoms with Crippen LogP contribution in [-0.2, 0) is 13.5 Å². The van der Waals surface area contributed by atoms with Crippen LogP contribution in [0.25, 0.3) is 21.5 Å². The maximum atomic E-state index is 13.2. The molecular weight excluding hydrogens is 403 g/mol. The van der Waals surface area contributed by atoms with Crippen LogP contribution in [0.5, 0.6) is 5.75 Å². The second-order valence-corrected chi connectivity index (χ2v) is 8.53. The summed E-state index contributed by atoms with van der Waals surface area (Å²) >= 11 is 1.59. The number of aryl methyl sites for hydroxylation is 2. The highest BCUT2D eigenvalue weighted by Gasteiger charge is 2.27. The Labute approximate surface area is 176 Å². The van der Waals surface area contributed by atoms with Crippen molar-refractivity contribution in [3.8, 4) is 16.3 Å². The highest BCUT2D eigenvalue weighted by molar-refractivity contribution is 7.15. The summed E-state index contributed by atoms with van der Waals surface area (Å²) in [6.45, 7) is 0. The average Bonchev–Trinajstić information content (AvgIpc) is 3.33. The molecule has 0 saturated heterocycles. The van der Waals surface area contributed by atoms with Crippen molar-refractivity contribution in [2.75, 3.05) is 0 Å². The Bertz CT molecular complexity index is 1260. The summed E-state index contributed by atoms with van der Waals surface area (Å²) in [6.07, 6.45) is 4.24. The minimum absolute atomic E-state index is 0.0299. The Morgan fingerprint density at radius 1 is 1.30 bits per heavy atom. The highest BCUT2D eigenvalue weighted by Crippen LogP contribution is 2.37. The summed E-state index contributed by atoms with van der Waals surface area (Å²) < 4.78 is 14.9. The smallest absolute Gasteiger partial charge is 0.252 e. The maximum absolute atomic E-state index is 13.2. The number of hydrogen-bond acceptors (Lipinski definition) is 5. The van der Waals surface area contributed by atoms with Gasteiger partial charge < -0.3 is 10.4 Å². The topological polar surface area (TPSA) is 80.0 Å². The first kappa shape index (κ1) is 18.7. The van der Waals surface area contributed by atoms with E-state index in [0.29, 0.717) is 16.5 Å². The van der Waals surface area contributed by atoms with E-state index in [-0.39, 0.29) is 23.5 Å². The fourth-order valence-electron chi connectivity index (χ4n) is 3.88. The number of phenolic OH excluding ortho intramolecular Hbond substituents is 1. The van der Waals surface area contributed by atoms with Crippen molar-refractivity contribution in [3.63, 3.8) is 0 Å². The predicted octanol–water partition coefficient (Wildman–Crippen LogP) is 4.35. The lowest BCUT2D eigenvalue weighted by molar-refractivity contribution is 0.0931. The van der Waals surface area contributed by atoms with E-state index in [9.17, 15) is 14.3 Å². The first-order valence-electron chi connectivity index (χ1n) is 9.71. The van der Waals surface area contributed by atoms with E-state index in [1.165, 1.54) is 18.2 Å². The maximum Gasteiger partial charge on any atom is 0.252 e. The van der Waals surface area contributed by atoms with Crippen molar-refractivity contribution >= 4 is 28.1 Å². The summed E-state index contributed by atoms with van der Waals surface area (Å²) in [6, 6.07) is 9.29. The lowest BCUT2D eigenvalue weighted by Crippen LogP contribution is -2.31. The number of aromatic nitrogens is 3. The zero-order valence-corrected chi connectivity index (χ0v) is 17.0. The number of amides is 1. The van der Waals surface area contributed by atoms with Crippen LogP contribution in [0.1, 0.15) is 39.8 Å². The first-order valence-corrected chi connectivity index (χ1v) is 10.5. The average molecular weight is 422 g/mol. The van der Waals surface area contributed by atoms with Crippen molar-refractivity contribution in [1.82, 2.24) is 20.1 Å². The molecule has 152 valence electrons. The van der Waals surface area contributed by atoms with Gasteiger partial charge in [-0.3, -0.25) is 9.48 Å². The van der Waals surface area contributed by atoms with Crippen molar-refractivity contribution in [2.45, 2.75) is 25.3 Å². The lowest BCUT2D eigenvalue weighted by atomic mass is 9.97. The molecule has 1 aliphatic rings. The van der Waals surface area contributed by atoms with Gasteiger partial charge in [0.25, 0.3) is 5.91 Å². The van der Waals surface area contributed by atoms with Gasteiger partial charge >= 0.3 is 0 Å². The van der Waals surface area contributed by atoms with E-state index in [1.54, 1.807) is 47.5 Å². The molecule has 4 aromatic rings. The third kappa shape index (κ3) is 3.23. The molecule has 0 aliphatic heterocycles. The van der Waals surface area contributed by atoms with Gasteiger partial charge in [0.1, 0.15) is 16.6 Å². The van der Waals surface area contributed by atoms with Gasteiger partial charge in [-0.25, -0.2) is 9.37 Å². The van der Waals surface area contributed by atoms with Crippen LogP contribution >= 0.6 is 11.3 Å². The van der Waals surface area contributed by atoms with E-state index < -0.39 is 0 Å². The molecule has 0 saturated carbocycles. The largest absolute Gasteiger partial charge is 0.507 e. The minimum Gasteiger partial charge on any atom is -0.507 e. The Kier molecular flexibility index (Phi) is 4.51. The van der Waals surface area contributed by atoms with E-state index in [1.807, 2.05) is 0 Å². The molecule has 6 nitrogen and oxygen atoms in total. The van der Waals surface area contributed by atoms with E-state index >= 15 is 0 Å². The van der Waals surface area contributed by atoms with Crippen molar-refractivity contribution in [3.05, 3.63) is 64.5 Å². The molecule has 1 amide bonds. The van der Waals surface area contributed by atoms with Gasteiger partial charge in [0.2, 0.25) is 0 Å². The second-order valence-electron chi connectivity index (χ2n) is 7.45. The number of carbonyl (C=O) groups excluding carboxylic acids is 1. The summed E-state index contributed by atoms with van der Waals surface area (Å²) in [5.41, 5.74) is 2.82. The number of aromatic hydroxyl groups is 1. The number of nitrogens with one attached hydrogen (secondary N) is 1. The first-order chi connectivity index (χ1) is 14.5. The number of halogens is 1. The zero-order valence-electron chi connectivity index (χ0n) is 16.2. The molecule has 30 heavy (non-hydrogen) atoms. The zero-order chi connectivity index (χ0) is 20.8. The van der Waals surface area contributed by atoms with Gasteiger partial charge in [0.05, 0.1) is 28.8 Å². The van der Waals surface area contributed by atoms with Gasteiger partial charge in [-0.15, -0.1) is 11.3 Å². The van der Waals surface area contributed by atoms with Crippen LogP contribution in [0.3, 0.4) is 0 Å². The number of benzene rings is 2. The van der Waals surface area contributed by atoms with E-state index in [0.717, 1.165) is 40.4 Å². The fourth-order valence-corrected chi connectivity index (χ4v) is 5.05. The van der Waals surface area contributed by atoms with Crippen molar-refractivity contribution in [1.29, 1.82) is 0 Å². The van der Waals surface area contributed by atoms with Crippen molar-refractivity contribution in [2.24, 2.45) is 7.05 Å².